The van der Waals surface area contributed by atoms with Crippen molar-refractivity contribution in [3.8, 4) is 17.3 Å². The van der Waals surface area contributed by atoms with Crippen LogP contribution < -0.4 is 10.2 Å². The molecule has 208 valence electrons. The summed E-state index contributed by atoms with van der Waals surface area (Å²) in [5.74, 6) is -0.307. The molecule has 14 heteroatoms. The predicted molar refractivity (Wildman–Crippen MR) is 142 cm³/mol. The Morgan fingerprint density at radius 1 is 1.20 bits per heavy atom. The van der Waals surface area contributed by atoms with Gasteiger partial charge in [-0.1, -0.05) is 17.7 Å². The number of piperidine rings is 1. The normalized spacial score (nSPS) is 20.0. The van der Waals surface area contributed by atoms with E-state index in [1.807, 2.05) is 11.8 Å². The number of alkyl halides is 2. The van der Waals surface area contributed by atoms with E-state index in [9.17, 15) is 23.2 Å². The number of anilines is 2. The first-order valence-corrected chi connectivity index (χ1v) is 13.0. The lowest BCUT2D eigenvalue weighted by Gasteiger charge is -2.22. The lowest BCUT2D eigenvalue weighted by molar-refractivity contribution is 0.102. The Morgan fingerprint density at radius 2 is 1.98 bits per heavy atom. The number of nitrogens with zero attached hydrogens (tertiary/aromatic N) is 8. The smallest absolute Gasteiger partial charge is 0.275 e. The fourth-order valence-corrected chi connectivity index (χ4v) is 5.26. The molecule has 0 unspecified atom stereocenters. The Bertz CT molecular complexity index is 1670. The fraction of sp³-hybridized carbons (Fsp3) is 0.296. The molecule has 4 aromatic rings. The molecule has 10 nitrogen and oxygen atoms in total. The summed E-state index contributed by atoms with van der Waals surface area (Å²) in [4.78, 5) is 31.7. The zero-order chi connectivity index (χ0) is 28.8. The van der Waals surface area contributed by atoms with Crippen molar-refractivity contribution in [3.05, 3.63) is 77.0 Å². The number of fused-ring (bicyclic) bond motifs is 1. The number of nitrogens with one attached hydrogen (secondary N) is 1. The highest BCUT2D eigenvalue weighted by atomic mass is 35.5. The minimum absolute atomic E-state index is 0.193. The maximum Gasteiger partial charge on any atom is 0.275 e. The molecule has 1 aliphatic heterocycles. The van der Waals surface area contributed by atoms with Crippen LogP contribution in [0.25, 0.3) is 11.3 Å². The van der Waals surface area contributed by atoms with Crippen LogP contribution in [0.2, 0.25) is 5.02 Å². The fourth-order valence-electron chi connectivity index (χ4n) is 5.10. The van der Waals surface area contributed by atoms with E-state index in [0.717, 1.165) is 43.1 Å². The molecule has 1 amide bonds. The average Bonchev–Trinajstić information content (AvgIpc) is 3.41. The molecule has 1 aliphatic carbocycles. The molecule has 4 heterocycles. The molecular weight excluding hydrogens is 559 g/mol. The van der Waals surface area contributed by atoms with Crippen LogP contribution >= 0.6 is 11.6 Å². The molecule has 0 bridgehead atoms. The van der Waals surface area contributed by atoms with Crippen LogP contribution in [-0.2, 0) is 0 Å². The summed E-state index contributed by atoms with van der Waals surface area (Å²) in [7, 11) is 0. The van der Waals surface area contributed by atoms with Crippen molar-refractivity contribution < 1.29 is 18.0 Å². The van der Waals surface area contributed by atoms with E-state index >= 15 is 0 Å². The minimum Gasteiger partial charge on any atom is -0.324 e. The van der Waals surface area contributed by atoms with Gasteiger partial charge >= 0.3 is 0 Å². The van der Waals surface area contributed by atoms with Gasteiger partial charge < -0.3 is 10.2 Å². The second-order valence-electron chi connectivity index (χ2n) is 9.96. The topological polar surface area (TPSA) is 126 Å². The molecule has 0 radical (unpaired) electrons. The van der Waals surface area contributed by atoms with Gasteiger partial charge in [0.2, 0.25) is 5.95 Å². The van der Waals surface area contributed by atoms with Crippen molar-refractivity contribution in [1.82, 2.24) is 29.7 Å². The van der Waals surface area contributed by atoms with Gasteiger partial charge in [-0.2, -0.15) is 10.4 Å². The second-order valence-corrected chi connectivity index (χ2v) is 10.4. The van der Waals surface area contributed by atoms with Crippen molar-refractivity contribution in [2.45, 2.75) is 31.9 Å². The van der Waals surface area contributed by atoms with Crippen LogP contribution in [0.3, 0.4) is 0 Å². The molecule has 41 heavy (non-hydrogen) atoms. The van der Waals surface area contributed by atoms with E-state index in [1.165, 1.54) is 6.20 Å². The number of rotatable bonds is 7. The Kier molecular flexibility index (Phi) is 6.78. The number of aromatic nitrogens is 6. The molecule has 0 spiro atoms. The second kappa shape index (κ2) is 10.4. The highest BCUT2D eigenvalue weighted by molar-refractivity contribution is 6.31. The lowest BCUT2D eigenvalue weighted by atomic mass is 10.0. The van der Waals surface area contributed by atoms with E-state index < -0.39 is 29.3 Å². The number of halogens is 4. The number of carbonyl (C=O) groups is 1. The molecule has 1 N–H and O–H groups in total. The summed E-state index contributed by atoms with van der Waals surface area (Å²) in [6.07, 6.45) is 6.71. The third-order valence-electron chi connectivity index (χ3n) is 7.42. The first kappa shape index (κ1) is 26.6. The van der Waals surface area contributed by atoms with Crippen LogP contribution in [-0.4, -0.2) is 48.2 Å². The quantitative estimate of drug-likeness (QED) is 0.322. The Balaban J connectivity index is 1.16. The summed E-state index contributed by atoms with van der Waals surface area (Å²) < 4.78 is 43.4. The number of hydrogen-bond acceptors (Lipinski definition) is 8. The van der Waals surface area contributed by atoms with Crippen LogP contribution in [0.5, 0.6) is 0 Å². The van der Waals surface area contributed by atoms with E-state index in [4.69, 9.17) is 11.6 Å². The van der Waals surface area contributed by atoms with Gasteiger partial charge in [-0.3, -0.25) is 14.5 Å². The summed E-state index contributed by atoms with van der Waals surface area (Å²) in [6.45, 7) is 2.67. The summed E-state index contributed by atoms with van der Waals surface area (Å²) in [5.41, 5.74) is -0.511. The maximum absolute atomic E-state index is 14.7. The Labute approximate surface area is 236 Å². The number of carbonyl (C=O) groups excluding carboxylic acids is 1. The first-order chi connectivity index (χ1) is 19.7. The van der Waals surface area contributed by atoms with Gasteiger partial charge in [-0.25, -0.2) is 28.1 Å². The van der Waals surface area contributed by atoms with Crippen LogP contribution in [0.15, 0.2) is 49.3 Å². The molecular formula is C27H21ClF3N9O. The van der Waals surface area contributed by atoms with Gasteiger partial charge in [0.15, 0.2) is 5.82 Å². The van der Waals surface area contributed by atoms with Gasteiger partial charge in [0.05, 0.1) is 47.1 Å². The summed E-state index contributed by atoms with van der Waals surface area (Å²) in [6, 6.07) is 3.92. The van der Waals surface area contributed by atoms with Gasteiger partial charge in [0, 0.05) is 41.8 Å². The number of amides is 1. The summed E-state index contributed by atoms with van der Waals surface area (Å²) >= 11 is 5.80. The molecule has 3 aromatic heterocycles. The van der Waals surface area contributed by atoms with Crippen LogP contribution in [0.1, 0.15) is 47.4 Å². The van der Waals surface area contributed by atoms with E-state index in [0.29, 0.717) is 23.5 Å². The Hall–Kier alpha value is -4.57. The molecule has 1 aromatic carbocycles. The zero-order valence-corrected chi connectivity index (χ0v) is 22.2. The van der Waals surface area contributed by atoms with Gasteiger partial charge in [0.25, 0.3) is 12.3 Å². The average molecular weight is 580 g/mol. The monoisotopic (exact) mass is 579 g/mol. The third-order valence-corrected chi connectivity index (χ3v) is 7.71. The third kappa shape index (κ3) is 4.95. The summed E-state index contributed by atoms with van der Waals surface area (Å²) in [5, 5.41) is 16.1. The maximum atomic E-state index is 14.7. The first-order valence-electron chi connectivity index (χ1n) is 12.7. The Morgan fingerprint density at radius 3 is 2.71 bits per heavy atom. The molecule has 2 aliphatic rings. The number of nitriles is 1. The van der Waals surface area contributed by atoms with Gasteiger partial charge in [-0.05, 0) is 31.2 Å². The molecule has 1 saturated heterocycles. The molecule has 6 rings (SSSR count). The van der Waals surface area contributed by atoms with E-state index in [-0.39, 0.29) is 28.5 Å². The van der Waals surface area contributed by atoms with Crippen LogP contribution in [0.4, 0.5) is 24.8 Å². The number of hydrogen-bond donors (Lipinski definition) is 1. The standard InChI is InChI=1S/C27H21ClF3N9O/c1-13(15-6-34-27(35-7-15)39-11-14-4-18(14)22(39)5-32)40-12-16(8-36-40)37-26(41)21-10-33-9-20(38-21)23-17(25(30)31)2-3-19(28)24(23)29/h2-3,6-10,12-14,18,22,25H,4,11H2,1H3,(H,37,41)/t13-,14-,18-,22-/m1/s1. The molecule has 2 fully saturated rings. The van der Waals surface area contributed by atoms with E-state index in [2.05, 4.69) is 36.4 Å². The van der Waals surface area contributed by atoms with Crippen molar-refractivity contribution >= 4 is 29.1 Å². The molecule has 1 saturated carbocycles. The SMILES string of the molecule is C[C@H](c1cnc(N2C[C@H]3C[C@H]3[C@H]2C#N)nc1)n1cc(NC(=O)c2cncc(-c3c(C(F)F)ccc(Cl)c3F)n2)cn1. The highest BCUT2D eigenvalue weighted by Crippen LogP contribution is 2.50. The van der Waals surface area contributed by atoms with Gasteiger partial charge in [0.1, 0.15) is 11.7 Å². The van der Waals surface area contributed by atoms with Crippen molar-refractivity contribution in [1.29, 1.82) is 5.26 Å². The minimum atomic E-state index is -2.99. The van der Waals surface area contributed by atoms with Crippen LogP contribution in [0, 0.1) is 29.0 Å². The van der Waals surface area contributed by atoms with E-state index in [1.54, 1.807) is 23.3 Å². The largest absolute Gasteiger partial charge is 0.324 e. The highest BCUT2D eigenvalue weighted by Gasteiger charge is 2.53. The number of benzene rings is 1. The zero-order valence-electron chi connectivity index (χ0n) is 21.4. The van der Waals surface area contributed by atoms with Crippen molar-refractivity contribution in [3.63, 3.8) is 0 Å². The van der Waals surface area contributed by atoms with Gasteiger partial charge in [-0.15, -0.1) is 0 Å². The van der Waals surface area contributed by atoms with Crippen molar-refractivity contribution in [2.24, 2.45) is 11.8 Å². The van der Waals surface area contributed by atoms with Crippen molar-refractivity contribution in [2.75, 3.05) is 16.8 Å². The molecule has 4 atom stereocenters. The predicted octanol–water partition coefficient (Wildman–Crippen LogP) is 5.07. The lowest BCUT2D eigenvalue weighted by Crippen LogP contribution is -2.33.